The first-order valence-corrected chi connectivity index (χ1v) is 8.47. The smallest absolute Gasteiger partial charge is 0.261 e. The van der Waals surface area contributed by atoms with Crippen molar-refractivity contribution < 1.29 is 4.79 Å². The zero-order chi connectivity index (χ0) is 15.5. The molecular weight excluding hydrogens is 294 g/mol. The molecule has 4 nitrogen and oxygen atoms in total. The van der Waals surface area contributed by atoms with Crippen LogP contribution in [0.25, 0.3) is 0 Å². The molecule has 2 aromatic rings. The van der Waals surface area contributed by atoms with Gasteiger partial charge in [-0.2, -0.15) is 0 Å². The van der Waals surface area contributed by atoms with Crippen molar-refractivity contribution in [2.24, 2.45) is 5.92 Å². The van der Waals surface area contributed by atoms with Crippen LogP contribution in [0.5, 0.6) is 0 Å². The number of hydrogen-bond donors (Lipinski definition) is 1. The molecular formula is C17H21N3OS. The van der Waals surface area contributed by atoms with E-state index < -0.39 is 0 Å². The summed E-state index contributed by atoms with van der Waals surface area (Å²) in [4.78, 5) is 19.7. The van der Waals surface area contributed by atoms with E-state index in [0.717, 1.165) is 23.4 Å². The number of carbonyl (C=O) groups is 1. The lowest BCUT2D eigenvalue weighted by molar-refractivity contribution is 0.0947. The number of amides is 1. The summed E-state index contributed by atoms with van der Waals surface area (Å²) < 4.78 is 0. The van der Waals surface area contributed by atoms with Crippen molar-refractivity contribution in [2.45, 2.75) is 19.4 Å². The number of pyridine rings is 1. The van der Waals surface area contributed by atoms with E-state index in [1.54, 1.807) is 6.20 Å². The third kappa shape index (κ3) is 3.05. The van der Waals surface area contributed by atoms with Crippen molar-refractivity contribution in [3.05, 3.63) is 52.0 Å². The van der Waals surface area contributed by atoms with E-state index in [9.17, 15) is 4.79 Å². The van der Waals surface area contributed by atoms with Crippen molar-refractivity contribution in [3.8, 4) is 0 Å². The second kappa shape index (κ2) is 6.58. The third-order valence-electron chi connectivity index (χ3n) is 4.39. The number of carbonyl (C=O) groups excluding carboxylic acids is 1. The second-order valence-corrected chi connectivity index (χ2v) is 6.82. The highest BCUT2D eigenvalue weighted by atomic mass is 32.1. The van der Waals surface area contributed by atoms with E-state index >= 15 is 0 Å². The molecule has 1 fully saturated rings. The van der Waals surface area contributed by atoms with Gasteiger partial charge in [0, 0.05) is 25.0 Å². The molecule has 0 bridgehead atoms. The van der Waals surface area contributed by atoms with Crippen LogP contribution in [-0.2, 0) is 0 Å². The molecule has 3 rings (SSSR count). The van der Waals surface area contributed by atoms with Crippen LogP contribution < -0.4 is 5.32 Å². The molecule has 2 aromatic heterocycles. The van der Waals surface area contributed by atoms with Crippen molar-refractivity contribution >= 4 is 17.2 Å². The molecule has 0 radical (unpaired) electrons. The minimum Gasteiger partial charge on any atom is -0.351 e. The molecule has 1 saturated heterocycles. The van der Waals surface area contributed by atoms with E-state index in [1.165, 1.54) is 16.9 Å². The highest BCUT2D eigenvalue weighted by Gasteiger charge is 2.33. The largest absolute Gasteiger partial charge is 0.351 e. The minimum atomic E-state index is 0.0481. The maximum Gasteiger partial charge on any atom is 0.261 e. The average Bonchev–Trinajstić information content (AvgIpc) is 3.11. The Morgan fingerprint density at radius 2 is 2.36 bits per heavy atom. The van der Waals surface area contributed by atoms with Crippen LogP contribution in [0, 0.1) is 12.8 Å². The number of rotatable bonds is 4. The Morgan fingerprint density at radius 3 is 3.05 bits per heavy atom. The highest BCUT2D eigenvalue weighted by Crippen LogP contribution is 2.35. The summed E-state index contributed by atoms with van der Waals surface area (Å²) in [6.45, 7) is 3.74. The normalized spacial score (nSPS) is 21.9. The van der Waals surface area contributed by atoms with Crippen LogP contribution in [0.2, 0.25) is 0 Å². The molecule has 116 valence electrons. The fourth-order valence-corrected chi connectivity index (χ4v) is 4.07. The molecule has 0 aliphatic carbocycles. The van der Waals surface area contributed by atoms with E-state index in [-0.39, 0.29) is 5.91 Å². The van der Waals surface area contributed by atoms with E-state index in [4.69, 9.17) is 0 Å². The number of nitrogens with one attached hydrogen (secondary N) is 1. The Morgan fingerprint density at radius 1 is 1.50 bits per heavy atom. The summed E-state index contributed by atoms with van der Waals surface area (Å²) in [5.41, 5.74) is 2.28. The second-order valence-electron chi connectivity index (χ2n) is 5.90. The lowest BCUT2D eigenvalue weighted by Crippen LogP contribution is -2.32. The Labute approximate surface area is 135 Å². The van der Waals surface area contributed by atoms with E-state index in [1.807, 2.05) is 30.6 Å². The van der Waals surface area contributed by atoms with Gasteiger partial charge in [-0.05, 0) is 61.5 Å². The maximum atomic E-state index is 12.3. The molecule has 1 aliphatic rings. The van der Waals surface area contributed by atoms with Crippen LogP contribution in [0.4, 0.5) is 0 Å². The first-order chi connectivity index (χ1) is 10.7. The molecule has 5 heteroatoms. The molecule has 0 aromatic carbocycles. The molecule has 1 N–H and O–H groups in total. The summed E-state index contributed by atoms with van der Waals surface area (Å²) in [5.74, 6) is 0.477. The van der Waals surface area contributed by atoms with Gasteiger partial charge in [0.25, 0.3) is 5.91 Å². The zero-order valence-corrected chi connectivity index (χ0v) is 13.8. The Kier molecular flexibility index (Phi) is 4.55. The standard InChI is InChI=1S/C17H21N3OS/c1-12-6-9-22-16(12)17(21)19-11-14-5-8-20(2)15(14)13-4-3-7-18-10-13/h3-4,6-7,9-10,14-15H,5,8,11H2,1-2H3,(H,19,21)/t14-,15-/m0/s1. The van der Waals surface area contributed by atoms with Crippen LogP contribution >= 0.6 is 11.3 Å². The van der Waals surface area contributed by atoms with Gasteiger partial charge in [-0.15, -0.1) is 11.3 Å². The Bertz CT molecular complexity index is 640. The Hall–Kier alpha value is -1.72. The predicted molar refractivity (Wildman–Crippen MR) is 89.1 cm³/mol. The monoisotopic (exact) mass is 315 g/mol. The topological polar surface area (TPSA) is 45.2 Å². The number of aromatic nitrogens is 1. The van der Waals surface area contributed by atoms with Gasteiger partial charge in [0.1, 0.15) is 0 Å². The van der Waals surface area contributed by atoms with E-state index in [0.29, 0.717) is 18.5 Å². The van der Waals surface area contributed by atoms with Crippen molar-refractivity contribution in [1.82, 2.24) is 15.2 Å². The maximum absolute atomic E-state index is 12.3. The Balaban J connectivity index is 1.67. The molecule has 2 atom stereocenters. The molecule has 22 heavy (non-hydrogen) atoms. The van der Waals surface area contributed by atoms with Crippen molar-refractivity contribution in [3.63, 3.8) is 0 Å². The fourth-order valence-electron chi connectivity index (χ4n) is 3.23. The van der Waals surface area contributed by atoms with Crippen LogP contribution in [-0.4, -0.2) is 35.9 Å². The first-order valence-electron chi connectivity index (χ1n) is 7.59. The van der Waals surface area contributed by atoms with Crippen molar-refractivity contribution in [1.29, 1.82) is 0 Å². The summed E-state index contributed by atoms with van der Waals surface area (Å²) in [7, 11) is 2.14. The van der Waals surface area contributed by atoms with Gasteiger partial charge in [-0.3, -0.25) is 14.7 Å². The SMILES string of the molecule is Cc1ccsc1C(=O)NC[C@@H]1CCN(C)[C@H]1c1cccnc1. The van der Waals surface area contributed by atoms with Gasteiger partial charge in [0.15, 0.2) is 0 Å². The van der Waals surface area contributed by atoms with Gasteiger partial charge in [-0.25, -0.2) is 0 Å². The first kappa shape index (κ1) is 15.2. The molecule has 1 amide bonds. The molecule has 3 heterocycles. The van der Waals surface area contributed by atoms with Gasteiger partial charge >= 0.3 is 0 Å². The van der Waals surface area contributed by atoms with E-state index in [2.05, 4.69) is 28.3 Å². The molecule has 0 saturated carbocycles. The summed E-state index contributed by atoms with van der Waals surface area (Å²) in [6, 6.07) is 6.42. The van der Waals surface area contributed by atoms with Crippen LogP contribution in [0.1, 0.15) is 33.3 Å². The van der Waals surface area contributed by atoms with Gasteiger partial charge in [0.2, 0.25) is 0 Å². The number of nitrogens with zero attached hydrogens (tertiary/aromatic N) is 2. The lowest BCUT2D eigenvalue weighted by Gasteiger charge is -2.25. The number of likely N-dealkylation sites (tertiary alicyclic amines) is 1. The van der Waals surface area contributed by atoms with Crippen molar-refractivity contribution in [2.75, 3.05) is 20.1 Å². The lowest BCUT2D eigenvalue weighted by atomic mass is 9.95. The molecule has 1 aliphatic heterocycles. The zero-order valence-electron chi connectivity index (χ0n) is 13.0. The summed E-state index contributed by atoms with van der Waals surface area (Å²) in [6.07, 6.45) is 4.83. The summed E-state index contributed by atoms with van der Waals surface area (Å²) >= 11 is 1.51. The molecule has 0 unspecified atom stereocenters. The van der Waals surface area contributed by atoms with Crippen LogP contribution in [0.15, 0.2) is 36.0 Å². The quantitative estimate of drug-likeness (QED) is 0.943. The average molecular weight is 315 g/mol. The highest BCUT2D eigenvalue weighted by molar-refractivity contribution is 7.12. The predicted octanol–water partition coefficient (Wildman–Crippen LogP) is 2.87. The number of thiophene rings is 1. The minimum absolute atomic E-state index is 0.0481. The van der Waals surface area contributed by atoms with Crippen LogP contribution in [0.3, 0.4) is 0 Å². The number of aryl methyl sites for hydroxylation is 1. The molecule has 0 spiro atoms. The fraction of sp³-hybridized carbons (Fsp3) is 0.412. The third-order valence-corrected chi connectivity index (χ3v) is 5.41. The van der Waals surface area contributed by atoms with Gasteiger partial charge in [0.05, 0.1) is 4.88 Å². The van der Waals surface area contributed by atoms with Gasteiger partial charge < -0.3 is 5.32 Å². The summed E-state index contributed by atoms with van der Waals surface area (Å²) in [5, 5.41) is 5.08. The number of hydrogen-bond acceptors (Lipinski definition) is 4. The van der Waals surface area contributed by atoms with Gasteiger partial charge in [-0.1, -0.05) is 6.07 Å².